The third-order valence-corrected chi connectivity index (χ3v) is 4.73. The zero-order valence-corrected chi connectivity index (χ0v) is 11.7. The average Bonchev–Trinajstić information content (AvgIpc) is 2.31. The summed E-state index contributed by atoms with van der Waals surface area (Å²) in [6.07, 6.45) is 2.66. The lowest BCUT2D eigenvalue weighted by atomic mass is 9.46. The van der Waals surface area contributed by atoms with Crippen molar-refractivity contribution in [1.29, 1.82) is 0 Å². The molecule has 0 aromatic carbocycles. The van der Waals surface area contributed by atoms with E-state index >= 15 is 0 Å². The van der Waals surface area contributed by atoms with Gasteiger partial charge in [0.25, 0.3) is 0 Å². The van der Waals surface area contributed by atoms with Crippen LogP contribution < -0.4 is 0 Å². The van der Waals surface area contributed by atoms with Crippen LogP contribution in [0.25, 0.3) is 0 Å². The normalized spacial score (nSPS) is 34.9. The van der Waals surface area contributed by atoms with Crippen LogP contribution in [0.5, 0.6) is 0 Å². The summed E-state index contributed by atoms with van der Waals surface area (Å²) in [5.41, 5.74) is 1.38. The van der Waals surface area contributed by atoms with E-state index in [4.69, 9.17) is 9.57 Å². The molecule has 0 heterocycles. The highest BCUT2D eigenvalue weighted by molar-refractivity contribution is 5.94. The van der Waals surface area contributed by atoms with Crippen LogP contribution in [0.3, 0.4) is 0 Å². The maximum absolute atomic E-state index is 11.6. The molecule has 0 N–H and O–H groups in total. The van der Waals surface area contributed by atoms with Gasteiger partial charge in [-0.3, -0.25) is 4.79 Å². The third kappa shape index (κ3) is 2.13. The minimum atomic E-state index is -0.120. The number of rotatable bonds is 4. The monoisotopic (exact) mass is 253 g/mol. The van der Waals surface area contributed by atoms with Crippen LogP contribution in [0.15, 0.2) is 5.16 Å². The fraction of sp³-hybridized carbons (Fsp3) is 0.857. The van der Waals surface area contributed by atoms with E-state index in [0.717, 1.165) is 12.1 Å². The molecule has 4 nitrogen and oxygen atoms in total. The van der Waals surface area contributed by atoms with Crippen LogP contribution in [0.1, 0.15) is 40.0 Å². The van der Waals surface area contributed by atoms with Gasteiger partial charge in [0.05, 0.1) is 18.7 Å². The summed E-state index contributed by atoms with van der Waals surface area (Å²) in [5, 5.41) is 4.20. The van der Waals surface area contributed by atoms with Crippen LogP contribution in [0.2, 0.25) is 0 Å². The minimum Gasteiger partial charge on any atom is -0.466 e. The topological polar surface area (TPSA) is 47.9 Å². The molecule has 4 heteroatoms. The highest BCUT2D eigenvalue weighted by atomic mass is 16.6. The molecule has 3 aliphatic carbocycles. The van der Waals surface area contributed by atoms with E-state index in [1.54, 1.807) is 7.11 Å². The molecule has 3 fully saturated rings. The van der Waals surface area contributed by atoms with Crippen molar-refractivity contribution in [2.75, 3.05) is 13.7 Å². The molecule has 0 aromatic rings. The van der Waals surface area contributed by atoms with Crippen molar-refractivity contribution in [2.45, 2.75) is 40.0 Å². The van der Waals surface area contributed by atoms with E-state index in [1.165, 1.54) is 6.42 Å². The largest absolute Gasteiger partial charge is 0.466 e. The van der Waals surface area contributed by atoms with Crippen LogP contribution >= 0.6 is 0 Å². The van der Waals surface area contributed by atoms with Gasteiger partial charge in [-0.2, -0.15) is 0 Å². The van der Waals surface area contributed by atoms with Crippen LogP contribution in [-0.4, -0.2) is 25.4 Å². The summed E-state index contributed by atoms with van der Waals surface area (Å²) in [6, 6.07) is 0. The standard InChI is InChI=1S/C14H23NO3/c1-5-18-12(16)7-9-6-10-8-11(14(10,2)3)13(9)15-17-4/h9-11H,5-8H2,1-4H3/b15-13+/t9?,10-,11-/m1/s1. The fourth-order valence-corrected chi connectivity index (χ4v) is 3.52. The summed E-state index contributed by atoms with van der Waals surface area (Å²) < 4.78 is 5.04. The molecular weight excluding hydrogens is 230 g/mol. The molecule has 0 aromatic heterocycles. The number of carbonyl (C=O) groups excluding carboxylic acids is 1. The number of ether oxygens (including phenoxy) is 1. The first-order valence-corrected chi connectivity index (χ1v) is 6.77. The second-order valence-corrected chi connectivity index (χ2v) is 5.95. The van der Waals surface area contributed by atoms with E-state index < -0.39 is 0 Å². The second-order valence-electron chi connectivity index (χ2n) is 5.95. The number of fused-ring (bicyclic) bond motifs is 2. The Labute approximate surface area is 109 Å². The summed E-state index contributed by atoms with van der Waals surface area (Å²) >= 11 is 0. The van der Waals surface area contributed by atoms with E-state index in [-0.39, 0.29) is 11.9 Å². The van der Waals surface area contributed by atoms with Gasteiger partial charge < -0.3 is 9.57 Å². The predicted octanol–water partition coefficient (Wildman–Crippen LogP) is 2.62. The molecule has 2 bridgehead atoms. The van der Waals surface area contributed by atoms with Crippen LogP contribution in [-0.2, 0) is 14.4 Å². The van der Waals surface area contributed by atoms with Gasteiger partial charge in [0, 0.05) is 11.8 Å². The van der Waals surface area contributed by atoms with Gasteiger partial charge in [0.1, 0.15) is 7.11 Å². The molecular formula is C14H23NO3. The SMILES string of the molecule is CCOC(=O)CC1C[C@@H]2C[C@H](/C1=N/OC)C2(C)C. The number of esters is 1. The zero-order chi connectivity index (χ0) is 13.3. The van der Waals surface area contributed by atoms with Gasteiger partial charge in [0.15, 0.2) is 0 Å². The summed E-state index contributed by atoms with van der Waals surface area (Å²) in [7, 11) is 1.58. The molecule has 0 amide bonds. The molecule has 0 radical (unpaired) electrons. The van der Waals surface area contributed by atoms with Crippen molar-refractivity contribution in [3.63, 3.8) is 0 Å². The Morgan fingerprint density at radius 2 is 2.17 bits per heavy atom. The van der Waals surface area contributed by atoms with Gasteiger partial charge in [-0.25, -0.2) is 0 Å². The van der Waals surface area contributed by atoms with E-state index in [9.17, 15) is 4.79 Å². The zero-order valence-electron chi connectivity index (χ0n) is 11.7. The highest BCUT2D eigenvalue weighted by Gasteiger charge is 2.56. The van der Waals surface area contributed by atoms with E-state index in [2.05, 4.69) is 19.0 Å². The molecule has 3 rings (SSSR count). The quantitative estimate of drug-likeness (QED) is 0.571. The third-order valence-electron chi connectivity index (χ3n) is 4.73. The number of carbonyl (C=O) groups is 1. The molecule has 18 heavy (non-hydrogen) atoms. The molecule has 1 unspecified atom stereocenters. The van der Waals surface area contributed by atoms with Crippen molar-refractivity contribution < 1.29 is 14.4 Å². The second kappa shape index (κ2) is 4.90. The Kier molecular flexibility index (Phi) is 3.64. The molecule has 0 aliphatic heterocycles. The van der Waals surface area contributed by atoms with Gasteiger partial charge >= 0.3 is 5.97 Å². The molecule has 0 spiro atoms. The molecule has 3 saturated carbocycles. The van der Waals surface area contributed by atoms with Crippen LogP contribution in [0.4, 0.5) is 0 Å². The average molecular weight is 253 g/mol. The maximum Gasteiger partial charge on any atom is 0.306 e. The Bertz CT molecular complexity index is 362. The van der Waals surface area contributed by atoms with Crippen LogP contribution in [0, 0.1) is 23.2 Å². The lowest BCUT2D eigenvalue weighted by molar-refractivity contribution is -0.144. The molecule has 3 aliphatic rings. The number of oxime groups is 1. The van der Waals surface area contributed by atoms with Crippen molar-refractivity contribution in [2.24, 2.45) is 28.3 Å². The molecule has 102 valence electrons. The Morgan fingerprint density at radius 3 is 2.72 bits per heavy atom. The van der Waals surface area contributed by atoms with Crippen molar-refractivity contribution in [1.82, 2.24) is 0 Å². The molecule has 3 atom stereocenters. The Hall–Kier alpha value is -1.06. The number of nitrogens with zero attached hydrogens (tertiary/aromatic N) is 1. The van der Waals surface area contributed by atoms with E-state index in [1.807, 2.05) is 6.92 Å². The van der Waals surface area contributed by atoms with Gasteiger partial charge in [-0.05, 0) is 31.1 Å². The van der Waals surface area contributed by atoms with Crippen molar-refractivity contribution >= 4 is 11.7 Å². The Morgan fingerprint density at radius 1 is 1.44 bits per heavy atom. The Balaban J connectivity index is 2.08. The first-order chi connectivity index (χ1) is 8.50. The van der Waals surface area contributed by atoms with Gasteiger partial charge in [0.2, 0.25) is 0 Å². The lowest BCUT2D eigenvalue weighted by Crippen LogP contribution is -2.56. The summed E-state index contributed by atoms with van der Waals surface area (Å²) in [4.78, 5) is 16.6. The smallest absolute Gasteiger partial charge is 0.306 e. The number of hydrogen-bond acceptors (Lipinski definition) is 4. The van der Waals surface area contributed by atoms with Crippen molar-refractivity contribution in [3.8, 4) is 0 Å². The van der Waals surface area contributed by atoms with E-state index in [0.29, 0.717) is 30.3 Å². The van der Waals surface area contributed by atoms with Gasteiger partial charge in [-0.1, -0.05) is 19.0 Å². The predicted molar refractivity (Wildman–Crippen MR) is 69.2 cm³/mol. The fourth-order valence-electron chi connectivity index (χ4n) is 3.52. The van der Waals surface area contributed by atoms with Gasteiger partial charge in [-0.15, -0.1) is 0 Å². The highest BCUT2D eigenvalue weighted by Crippen LogP contribution is 2.59. The minimum absolute atomic E-state index is 0.120. The first-order valence-electron chi connectivity index (χ1n) is 6.77. The summed E-state index contributed by atoms with van der Waals surface area (Å²) in [6.45, 7) is 6.86. The lowest BCUT2D eigenvalue weighted by Gasteiger charge is -2.58. The summed E-state index contributed by atoms with van der Waals surface area (Å²) in [5.74, 6) is 1.26. The first kappa shape index (κ1) is 13.4. The number of hydrogen-bond donors (Lipinski definition) is 0. The maximum atomic E-state index is 11.6. The molecule has 0 saturated heterocycles. The van der Waals surface area contributed by atoms with Crippen molar-refractivity contribution in [3.05, 3.63) is 0 Å².